The summed E-state index contributed by atoms with van der Waals surface area (Å²) in [6.45, 7) is 28.8. The van der Waals surface area contributed by atoms with E-state index in [2.05, 4.69) is 52.3 Å². The normalized spacial score (nSPS) is 11.1. The molecule has 0 saturated carbocycles. The lowest BCUT2D eigenvalue weighted by Gasteiger charge is -2.34. The molecule has 0 fully saturated rings. The molecule has 0 amide bonds. The second kappa shape index (κ2) is 25.2. The lowest BCUT2D eigenvalue weighted by molar-refractivity contribution is 0.214. The maximum atomic E-state index is 3.48. The van der Waals surface area contributed by atoms with E-state index in [9.17, 15) is 0 Å². The smallest absolute Gasteiger partial charge is 0.00747 e. The van der Waals surface area contributed by atoms with Crippen LogP contribution >= 0.6 is 0 Å². The molecule has 2 heteroatoms. The van der Waals surface area contributed by atoms with E-state index in [1.807, 2.05) is 62.4 Å². The van der Waals surface area contributed by atoms with Gasteiger partial charge in [-0.1, -0.05) is 96.4 Å². The topological polar surface area (TPSA) is 24.1 Å². The van der Waals surface area contributed by atoms with Gasteiger partial charge >= 0.3 is 0 Å². The van der Waals surface area contributed by atoms with Crippen molar-refractivity contribution in [1.82, 2.24) is 10.6 Å². The van der Waals surface area contributed by atoms with Crippen molar-refractivity contribution in [3.8, 4) is 0 Å². The molecule has 154 valence electrons. The molecule has 0 rings (SSSR count). The van der Waals surface area contributed by atoms with Crippen LogP contribution in [0.15, 0.2) is 0 Å². The van der Waals surface area contributed by atoms with E-state index in [0.717, 1.165) is 6.54 Å². The van der Waals surface area contributed by atoms with Crippen LogP contribution < -0.4 is 10.6 Å². The molecule has 0 aromatic rings. The van der Waals surface area contributed by atoms with Gasteiger partial charge in [0.2, 0.25) is 0 Å². The maximum absolute atomic E-state index is 3.48. The van der Waals surface area contributed by atoms with Gasteiger partial charge in [-0.05, 0) is 37.8 Å². The molecule has 0 spiro atoms. The van der Waals surface area contributed by atoms with Gasteiger partial charge in [0, 0.05) is 12.6 Å². The fraction of sp³-hybridized carbons (Fsp3) is 1.00. The van der Waals surface area contributed by atoms with Gasteiger partial charge in [0.1, 0.15) is 0 Å². The zero-order valence-corrected chi connectivity index (χ0v) is 20.4. The van der Waals surface area contributed by atoms with Crippen LogP contribution in [0.2, 0.25) is 0 Å². The van der Waals surface area contributed by atoms with Gasteiger partial charge in [-0.25, -0.2) is 0 Å². The van der Waals surface area contributed by atoms with E-state index in [1.165, 1.54) is 19.3 Å². The van der Waals surface area contributed by atoms with E-state index in [4.69, 9.17) is 0 Å². The lowest BCUT2D eigenvalue weighted by Crippen LogP contribution is -2.38. The van der Waals surface area contributed by atoms with Crippen molar-refractivity contribution in [3.05, 3.63) is 0 Å². The summed E-state index contributed by atoms with van der Waals surface area (Å²) in [7, 11) is 4.12. The first-order valence-corrected chi connectivity index (χ1v) is 10.6. The average Bonchev–Trinajstić information content (AvgIpc) is 2.61. The molecule has 0 aliphatic carbocycles. The van der Waals surface area contributed by atoms with E-state index < -0.39 is 0 Å². The van der Waals surface area contributed by atoms with Gasteiger partial charge in [-0.2, -0.15) is 0 Å². The fourth-order valence-corrected chi connectivity index (χ4v) is 2.31. The Kier molecular flexibility index (Phi) is 36.8. The summed E-state index contributed by atoms with van der Waals surface area (Å²) in [5, 5.41) is 6.77. The molecule has 1 unspecified atom stereocenters. The Bertz CT molecular complexity index is 186. The molecule has 0 aliphatic heterocycles. The average molecular weight is 349 g/mol. The molecule has 0 saturated heterocycles. The maximum Gasteiger partial charge on any atom is 0.00747 e. The molecule has 0 aromatic heterocycles. The van der Waals surface area contributed by atoms with Crippen LogP contribution in [0.4, 0.5) is 0 Å². The molecule has 0 heterocycles. The highest BCUT2D eigenvalue weighted by Crippen LogP contribution is 2.31. The first-order valence-electron chi connectivity index (χ1n) is 10.6. The lowest BCUT2D eigenvalue weighted by atomic mass is 9.77. The predicted molar refractivity (Wildman–Crippen MR) is 119 cm³/mol. The number of nitrogens with one attached hydrogen (secondary N) is 2. The third kappa shape index (κ3) is 26.8. The minimum Gasteiger partial charge on any atom is -0.319 e. The van der Waals surface area contributed by atoms with Crippen LogP contribution in [0.3, 0.4) is 0 Å². The van der Waals surface area contributed by atoms with Gasteiger partial charge in [-0.3, -0.25) is 0 Å². The summed E-state index contributed by atoms with van der Waals surface area (Å²) in [5.41, 5.74) is 0.815. The standard InChI is InChI=1S/C14H32N2.4C2H6/c1-8-13(2,3)9-12(16-7)10-14(4,5)11-15-6;4*1-2/h12,15-16H,8-11H2,1-7H3;4*1-2H3. The summed E-state index contributed by atoms with van der Waals surface area (Å²) < 4.78 is 0. The quantitative estimate of drug-likeness (QED) is 0.487. The van der Waals surface area contributed by atoms with E-state index in [1.54, 1.807) is 0 Å². The summed E-state index contributed by atoms with van der Waals surface area (Å²) in [6.07, 6.45) is 3.73. The van der Waals surface area contributed by atoms with E-state index >= 15 is 0 Å². The minimum absolute atomic E-state index is 0.367. The summed E-state index contributed by atoms with van der Waals surface area (Å²) in [6, 6.07) is 0.623. The Labute approximate surface area is 158 Å². The summed E-state index contributed by atoms with van der Waals surface area (Å²) >= 11 is 0. The zero-order chi connectivity index (χ0) is 20.8. The van der Waals surface area contributed by atoms with Crippen molar-refractivity contribution < 1.29 is 0 Å². The molecule has 24 heavy (non-hydrogen) atoms. The first kappa shape index (κ1) is 35.1. The highest BCUT2D eigenvalue weighted by Gasteiger charge is 2.26. The summed E-state index contributed by atoms with van der Waals surface area (Å²) in [4.78, 5) is 0. The predicted octanol–water partition coefficient (Wildman–Crippen LogP) is 7.14. The van der Waals surface area contributed by atoms with E-state index in [-0.39, 0.29) is 0 Å². The van der Waals surface area contributed by atoms with Crippen LogP contribution in [0, 0.1) is 10.8 Å². The molecule has 2 N–H and O–H groups in total. The highest BCUT2D eigenvalue weighted by molar-refractivity contribution is 4.82. The fourth-order valence-electron chi connectivity index (χ4n) is 2.31. The molecular formula is C22H56N2. The Balaban J connectivity index is -0.000000130. The largest absolute Gasteiger partial charge is 0.319 e. The van der Waals surface area contributed by atoms with E-state index in [0.29, 0.717) is 16.9 Å². The number of hydrogen-bond acceptors (Lipinski definition) is 2. The minimum atomic E-state index is 0.367. The van der Waals surface area contributed by atoms with Crippen molar-refractivity contribution in [2.24, 2.45) is 10.8 Å². The van der Waals surface area contributed by atoms with Crippen LogP contribution in [-0.2, 0) is 0 Å². The SMILES string of the molecule is CC.CC.CC.CC.CCC(C)(C)CC(CC(C)(C)CNC)NC. The molecule has 1 atom stereocenters. The van der Waals surface area contributed by atoms with Crippen molar-refractivity contribution in [1.29, 1.82) is 0 Å². The number of rotatable bonds is 8. The molecule has 2 nitrogen and oxygen atoms in total. The summed E-state index contributed by atoms with van der Waals surface area (Å²) in [5.74, 6) is 0. The first-order chi connectivity index (χ1) is 11.3. The van der Waals surface area contributed by atoms with Gasteiger partial charge in [-0.15, -0.1) is 0 Å². The Morgan fingerprint density at radius 1 is 0.667 bits per heavy atom. The van der Waals surface area contributed by atoms with Crippen LogP contribution in [0.25, 0.3) is 0 Å². The van der Waals surface area contributed by atoms with Crippen LogP contribution in [-0.4, -0.2) is 26.7 Å². The van der Waals surface area contributed by atoms with Gasteiger partial charge in [0.15, 0.2) is 0 Å². The van der Waals surface area contributed by atoms with Crippen molar-refractivity contribution in [2.45, 2.75) is 115 Å². The highest BCUT2D eigenvalue weighted by atomic mass is 14.9. The molecule has 0 radical (unpaired) electrons. The van der Waals surface area contributed by atoms with Gasteiger partial charge < -0.3 is 10.6 Å². The van der Waals surface area contributed by atoms with Crippen molar-refractivity contribution in [2.75, 3.05) is 20.6 Å². The molecule has 0 bridgehead atoms. The van der Waals surface area contributed by atoms with Crippen LogP contribution in [0.1, 0.15) is 109 Å². The molecular weight excluding hydrogens is 292 g/mol. The van der Waals surface area contributed by atoms with Crippen molar-refractivity contribution in [3.63, 3.8) is 0 Å². The molecule has 0 aliphatic rings. The van der Waals surface area contributed by atoms with Crippen molar-refractivity contribution >= 4 is 0 Å². The molecule has 0 aromatic carbocycles. The Hall–Kier alpha value is -0.0800. The second-order valence-electron chi connectivity index (χ2n) is 6.61. The second-order valence-corrected chi connectivity index (χ2v) is 6.61. The van der Waals surface area contributed by atoms with Gasteiger partial charge in [0.05, 0.1) is 0 Å². The Morgan fingerprint density at radius 3 is 1.25 bits per heavy atom. The third-order valence-electron chi connectivity index (χ3n) is 3.62. The zero-order valence-electron chi connectivity index (χ0n) is 20.4. The monoisotopic (exact) mass is 348 g/mol. The Morgan fingerprint density at radius 2 is 1.00 bits per heavy atom. The van der Waals surface area contributed by atoms with Gasteiger partial charge in [0.25, 0.3) is 0 Å². The van der Waals surface area contributed by atoms with Crippen LogP contribution in [0.5, 0.6) is 0 Å². The third-order valence-corrected chi connectivity index (χ3v) is 3.62. The number of hydrogen-bond donors (Lipinski definition) is 2.